The number of hydrogen-bond donors (Lipinski definition) is 3. The zero-order chi connectivity index (χ0) is 19.6. The van der Waals surface area contributed by atoms with Gasteiger partial charge in [-0.2, -0.15) is 0 Å². The molecule has 5 N–H and O–H groups in total. The SMILES string of the molecule is Cl.NCC1CCCCC1NC(=O)C1CC(=O)N(c2cccc(S(N)(=O)=O)c2)C1. The van der Waals surface area contributed by atoms with Crippen molar-refractivity contribution < 1.29 is 18.0 Å². The second-order valence-corrected chi connectivity index (χ2v) is 8.90. The van der Waals surface area contributed by atoms with E-state index in [-0.39, 0.29) is 54.0 Å². The number of nitrogens with zero attached hydrogens (tertiary/aromatic N) is 1. The minimum atomic E-state index is -3.86. The third-order valence-electron chi connectivity index (χ3n) is 5.49. The molecular formula is C18H27ClN4O4S. The van der Waals surface area contributed by atoms with Crippen molar-refractivity contribution in [3.8, 4) is 0 Å². The van der Waals surface area contributed by atoms with Gasteiger partial charge in [0.1, 0.15) is 0 Å². The minimum Gasteiger partial charge on any atom is -0.353 e. The number of nitrogens with two attached hydrogens (primary N) is 2. The van der Waals surface area contributed by atoms with Gasteiger partial charge in [-0.1, -0.05) is 18.9 Å². The van der Waals surface area contributed by atoms with Crippen molar-refractivity contribution in [2.45, 2.75) is 43.0 Å². The average Bonchev–Trinajstić information content (AvgIpc) is 3.03. The van der Waals surface area contributed by atoms with Crippen molar-refractivity contribution in [1.29, 1.82) is 0 Å². The number of carbonyl (C=O) groups excluding carboxylic acids is 2. The zero-order valence-corrected chi connectivity index (χ0v) is 17.2. The van der Waals surface area contributed by atoms with Gasteiger partial charge in [-0.15, -0.1) is 12.4 Å². The highest BCUT2D eigenvalue weighted by atomic mass is 35.5. The lowest BCUT2D eigenvalue weighted by Crippen LogP contribution is -2.47. The van der Waals surface area contributed by atoms with Crippen LogP contribution in [0.15, 0.2) is 29.2 Å². The number of nitrogens with one attached hydrogen (secondary N) is 1. The van der Waals surface area contributed by atoms with Gasteiger partial charge in [-0.3, -0.25) is 9.59 Å². The molecule has 2 aliphatic rings. The smallest absolute Gasteiger partial charge is 0.238 e. The fraction of sp³-hybridized carbons (Fsp3) is 0.556. The summed E-state index contributed by atoms with van der Waals surface area (Å²) in [6.07, 6.45) is 4.22. The van der Waals surface area contributed by atoms with E-state index in [4.69, 9.17) is 10.9 Å². The molecule has 156 valence electrons. The Labute approximate surface area is 171 Å². The lowest BCUT2D eigenvalue weighted by molar-refractivity contribution is -0.127. The van der Waals surface area contributed by atoms with Crippen molar-refractivity contribution >= 4 is 39.9 Å². The number of rotatable bonds is 5. The summed E-state index contributed by atoms with van der Waals surface area (Å²) in [7, 11) is -3.86. The summed E-state index contributed by atoms with van der Waals surface area (Å²) < 4.78 is 23.1. The van der Waals surface area contributed by atoms with Gasteiger partial charge in [0, 0.05) is 24.7 Å². The highest BCUT2D eigenvalue weighted by molar-refractivity contribution is 7.89. The Morgan fingerprint density at radius 2 is 1.96 bits per heavy atom. The summed E-state index contributed by atoms with van der Waals surface area (Å²) in [4.78, 5) is 26.5. The maximum atomic E-state index is 12.7. The van der Waals surface area contributed by atoms with Crippen molar-refractivity contribution in [3.05, 3.63) is 24.3 Å². The predicted octanol–water partition coefficient (Wildman–Crippen LogP) is 0.742. The van der Waals surface area contributed by atoms with E-state index in [2.05, 4.69) is 5.32 Å². The Balaban J connectivity index is 0.00000280. The molecule has 0 spiro atoms. The van der Waals surface area contributed by atoms with E-state index in [1.807, 2.05) is 0 Å². The molecule has 1 aliphatic carbocycles. The van der Waals surface area contributed by atoms with Crippen LogP contribution in [0.25, 0.3) is 0 Å². The average molecular weight is 431 g/mol. The van der Waals surface area contributed by atoms with Gasteiger partial charge in [0.25, 0.3) is 0 Å². The number of primary sulfonamides is 1. The van der Waals surface area contributed by atoms with E-state index < -0.39 is 15.9 Å². The van der Waals surface area contributed by atoms with Crippen LogP contribution in [-0.4, -0.2) is 39.4 Å². The normalized spacial score (nSPS) is 25.3. The number of halogens is 1. The van der Waals surface area contributed by atoms with Gasteiger partial charge in [-0.05, 0) is 43.5 Å². The predicted molar refractivity (Wildman–Crippen MR) is 108 cm³/mol. The first-order valence-corrected chi connectivity index (χ1v) is 10.8. The van der Waals surface area contributed by atoms with Crippen LogP contribution in [0.2, 0.25) is 0 Å². The molecule has 2 amide bonds. The number of anilines is 1. The molecule has 1 aromatic carbocycles. The Morgan fingerprint density at radius 3 is 2.64 bits per heavy atom. The molecule has 2 fully saturated rings. The second kappa shape index (κ2) is 9.21. The first-order valence-electron chi connectivity index (χ1n) is 9.23. The molecule has 3 unspecified atom stereocenters. The molecule has 3 atom stereocenters. The summed E-state index contributed by atoms with van der Waals surface area (Å²) in [5.41, 5.74) is 6.25. The first kappa shape index (κ1) is 22.6. The highest BCUT2D eigenvalue weighted by Gasteiger charge is 2.37. The van der Waals surface area contributed by atoms with Crippen LogP contribution in [-0.2, 0) is 19.6 Å². The Morgan fingerprint density at radius 1 is 1.25 bits per heavy atom. The molecule has 0 aromatic heterocycles. The molecule has 1 saturated carbocycles. The third kappa shape index (κ3) is 5.02. The molecule has 0 bridgehead atoms. The molecule has 3 rings (SSSR count). The summed E-state index contributed by atoms with van der Waals surface area (Å²) in [5.74, 6) is -0.530. The van der Waals surface area contributed by atoms with E-state index in [1.165, 1.54) is 23.1 Å². The summed E-state index contributed by atoms with van der Waals surface area (Å²) >= 11 is 0. The molecule has 28 heavy (non-hydrogen) atoms. The fourth-order valence-corrected chi connectivity index (χ4v) is 4.49. The van der Waals surface area contributed by atoms with E-state index >= 15 is 0 Å². The van der Waals surface area contributed by atoms with E-state index in [0.29, 0.717) is 12.2 Å². The lowest BCUT2D eigenvalue weighted by Gasteiger charge is -2.32. The van der Waals surface area contributed by atoms with E-state index in [1.54, 1.807) is 6.07 Å². The molecule has 1 saturated heterocycles. The standard InChI is InChI=1S/C18H26N4O4S.ClH/c19-10-12-4-1-2-7-16(12)21-18(24)13-8-17(23)22(11-13)14-5-3-6-15(9-14)27(20,25)26;/h3,5-6,9,12-13,16H,1-2,4,7-8,10-11,19H2,(H,21,24)(H2,20,25,26);1H. The van der Waals surface area contributed by atoms with Crippen LogP contribution in [0.3, 0.4) is 0 Å². The van der Waals surface area contributed by atoms with Crippen molar-refractivity contribution in [1.82, 2.24) is 5.32 Å². The number of amides is 2. The summed E-state index contributed by atoms with van der Waals surface area (Å²) in [5, 5.41) is 8.24. The number of carbonyl (C=O) groups is 2. The van der Waals surface area contributed by atoms with Gasteiger partial charge in [0.2, 0.25) is 21.8 Å². The molecular weight excluding hydrogens is 404 g/mol. The number of sulfonamides is 1. The van der Waals surface area contributed by atoms with Crippen LogP contribution in [0, 0.1) is 11.8 Å². The summed E-state index contributed by atoms with van der Waals surface area (Å²) in [6.45, 7) is 0.764. The Bertz CT molecular complexity index is 833. The van der Waals surface area contributed by atoms with Crippen LogP contribution in [0.1, 0.15) is 32.1 Å². The third-order valence-corrected chi connectivity index (χ3v) is 6.40. The topological polar surface area (TPSA) is 136 Å². The van der Waals surface area contributed by atoms with Gasteiger partial charge >= 0.3 is 0 Å². The summed E-state index contributed by atoms with van der Waals surface area (Å²) in [6, 6.07) is 5.96. The number of hydrogen-bond acceptors (Lipinski definition) is 5. The molecule has 1 aromatic rings. The maximum absolute atomic E-state index is 12.7. The zero-order valence-electron chi connectivity index (χ0n) is 15.5. The highest BCUT2D eigenvalue weighted by Crippen LogP contribution is 2.28. The Hall–Kier alpha value is -1.68. The van der Waals surface area contributed by atoms with Crippen molar-refractivity contribution in [2.75, 3.05) is 18.0 Å². The quantitative estimate of drug-likeness (QED) is 0.633. The number of benzene rings is 1. The molecule has 1 heterocycles. The van der Waals surface area contributed by atoms with Gasteiger partial charge in [0.05, 0.1) is 10.8 Å². The van der Waals surface area contributed by atoms with E-state index in [0.717, 1.165) is 25.7 Å². The molecule has 8 nitrogen and oxygen atoms in total. The fourth-order valence-electron chi connectivity index (χ4n) is 3.94. The molecule has 10 heteroatoms. The molecule has 0 radical (unpaired) electrons. The first-order chi connectivity index (χ1) is 12.8. The minimum absolute atomic E-state index is 0. The second-order valence-electron chi connectivity index (χ2n) is 7.34. The lowest BCUT2D eigenvalue weighted by atomic mass is 9.84. The van der Waals surface area contributed by atoms with Crippen molar-refractivity contribution in [2.24, 2.45) is 22.7 Å². The van der Waals surface area contributed by atoms with Crippen LogP contribution in [0.4, 0.5) is 5.69 Å². The Kier molecular flexibility index (Phi) is 7.44. The van der Waals surface area contributed by atoms with Crippen LogP contribution in [0.5, 0.6) is 0 Å². The van der Waals surface area contributed by atoms with Crippen LogP contribution >= 0.6 is 12.4 Å². The van der Waals surface area contributed by atoms with Gasteiger partial charge in [-0.25, -0.2) is 13.6 Å². The van der Waals surface area contributed by atoms with Gasteiger partial charge in [0.15, 0.2) is 0 Å². The van der Waals surface area contributed by atoms with Crippen molar-refractivity contribution in [3.63, 3.8) is 0 Å². The molecule has 1 aliphatic heterocycles. The monoisotopic (exact) mass is 430 g/mol. The van der Waals surface area contributed by atoms with Gasteiger partial charge < -0.3 is 16.0 Å². The largest absolute Gasteiger partial charge is 0.353 e. The maximum Gasteiger partial charge on any atom is 0.238 e. The van der Waals surface area contributed by atoms with E-state index in [9.17, 15) is 18.0 Å². The van der Waals surface area contributed by atoms with Crippen LogP contribution < -0.4 is 21.1 Å².